The number of hydrogen-bond acceptors (Lipinski definition) is 4. The van der Waals surface area contributed by atoms with E-state index in [0.29, 0.717) is 11.3 Å². The number of nitrogens with zero attached hydrogens (tertiary/aromatic N) is 2. The lowest BCUT2D eigenvalue weighted by atomic mass is 9.86. The van der Waals surface area contributed by atoms with Crippen LogP contribution in [-0.2, 0) is 16.6 Å². The average Bonchev–Trinajstić information content (AvgIpc) is 2.55. The van der Waals surface area contributed by atoms with Crippen molar-refractivity contribution < 1.29 is 9.72 Å². The minimum absolute atomic E-state index is 0.0706. The molecule has 0 fully saturated rings. The molecule has 2 aromatic rings. The van der Waals surface area contributed by atoms with Crippen molar-refractivity contribution in [1.29, 1.82) is 5.26 Å². The van der Waals surface area contributed by atoms with Crippen LogP contribution < -0.4 is 5.32 Å². The summed E-state index contributed by atoms with van der Waals surface area (Å²) >= 11 is 0. The molecular weight excluding hydrogens is 306 g/mol. The molecule has 0 bridgehead atoms. The van der Waals surface area contributed by atoms with Crippen molar-refractivity contribution >= 4 is 17.3 Å². The van der Waals surface area contributed by atoms with Crippen LogP contribution in [0.1, 0.15) is 25.0 Å². The van der Waals surface area contributed by atoms with Gasteiger partial charge < -0.3 is 5.32 Å². The summed E-state index contributed by atoms with van der Waals surface area (Å²) in [5.74, 6) is -0.336. The molecule has 2 rings (SSSR count). The maximum absolute atomic E-state index is 12.1. The van der Waals surface area contributed by atoms with Gasteiger partial charge in [-0.25, -0.2) is 0 Å². The first-order valence-corrected chi connectivity index (χ1v) is 7.37. The number of nitrogens with one attached hydrogen (secondary N) is 1. The van der Waals surface area contributed by atoms with Crippen LogP contribution in [0.3, 0.4) is 0 Å². The molecule has 6 heteroatoms. The van der Waals surface area contributed by atoms with Crippen molar-refractivity contribution in [2.75, 3.05) is 5.32 Å². The minimum Gasteiger partial charge on any atom is -0.326 e. The van der Waals surface area contributed by atoms with Crippen LogP contribution >= 0.6 is 0 Å². The molecule has 0 radical (unpaired) electrons. The summed E-state index contributed by atoms with van der Waals surface area (Å²) in [6, 6.07) is 15.4. The van der Waals surface area contributed by atoms with Crippen LogP contribution in [0.4, 0.5) is 11.4 Å². The van der Waals surface area contributed by atoms with Gasteiger partial charge in [-0.2, -0.15) is 5.26 Å². The number of amides is 1. The van der Waals surface area contributed by atoms with Crippen LogP contribution in [0.2, 0.25) is 0 Å². The van der Waals surface area contributed by atoms with Gasteiger partial charge in [-0.1, -0.05) is 30.3 Å². The molecule has 0 aliphatic carbocycles. The highest BCUT2D eigenvalue weighted by Gasteiger charge is 2.19. The second-order valence-corrected chi connectivity index (χ2v) is 5.92. The Labute approximate surface area is 139 Å². The molecule has 6 nitrogen and oxygen atoms in total. The van der Waals surface area contributed by atoms with Crippen LogP contribution in [0.15, 0.2) is 48.5 Å². The number of anilines is 1. The van der Waals surface area contributed by atoms with Crippen LogP contribution in [-0.4, -0.2) is 10.8 Å². The average molecular weight is 323 g/mol. The normalized spacial score (nSPS) is 10.7. The van der Waals surface area contributed by atoms with E-state index in [4.69, 9.17) is 5.26 Å². The van der Waals surface area contributed by atoms with E-state index in [1.165, 1.54) is 6.07 Å². The molecule has 0 aliphatic heterocycles. The van der Waals surface area contributed by atoms with E-state index in [-0.39, 0.29) is 18.0 Å². The lowest BCUT2D eigenvalue weighted by Gasteiger charge is -2.16. The summed E-state index contributed by atoms with van der Waals surface area (Å²) in [7, 11) is 0. The molecule has 0 saturated heterocycles. The second-order valence-electron chi connectivity index (χ2n) is 5.92. The number of carbonyl (C=O) groups is 1. The highest BCUT2D eigenvalue weighted by molar-refractivity contribution is 5.92. The van der Waals surface area contributed by atoms with Crippen LogP contribution in [0.25, 0.3) is 0 Å². The number of para-hydroxylation sites is 1. The first-order chi connectivity index (χ1) is 11.3. The van der Waals surface area contributed by atoms with Crippen molar-refractivity contribution in [3.63, 3.8) is 0 Å². The highest BCUT2D eigenvalue weighted by atomic mass is 16.6. The zero-order valence-electron chi connectivity index (χ0n) is 13.4. The Morgan fingerprint density at radius 1 is 1.21 bits per heavy atom. The second kappa shape index (κ2) is 6.92. The lowest BCUT2D eigenvalue weighted by Crippen LogP contribution is -2.16. The first-order valence-electron chi connectivity index (χ1n) is 7.37. The van der Waals surface area contributed by atoms with Gasteiger partial charge in [0, 0.05) is 17.3 Å². The van der Waals surface area contributed by atoms with Gasteiger partial charge in [-0.15, -0.1) is 0 Å². The van der Waals surface area contributed by atoms with Crippen molar-refractivity contribution in [2.24, 2.45) is 0 Å². The van der Waals surface area contributed by atoms with Gasteiger partial charge in [-0.3, -0.25) is 14.9 Å². The Morgan fingerprint density at radius 2 is 1.83 bits per heavy atom. The van der Waals surface area contributed by atoms with Crippen molar-refractivity contribution in [2.45, 2.75) is 25.7 Å². The molecular formula is C18H17N3O3. The fourth-order valence-corrected chi connectivity index (χ4v) is 2.25. The van der Waals surface area contributed by atoms with Crippen molar-refractivity contribution in [3.8, 4) is 6.07 Å². The van der Waals surface area contributed by atoms with Gasteiger partial charge in [0.2, 0.25) is 5.91 Å². The van der Waals surface area contributed by atoms with Gasteiger partial charge in [0.25, 0.3) is 5.69 Å². The van der Waals surface area contributed by atoms with E-state index in [1.807, 2.05) is 13.8 Å². The van der Waals surface area contributed by atoms with E-state index in [9.17, 15) is 14.9 Å². The fourth-order valence-electron chi connectivity index (χ4n) is 2.25. The summed E-state index contributed by atoms with van der Waals surface area (Å²) < 4.78 is 0. The Morgan fingerprint density at radius 3 is 2.42 bits per heavy atom. The molecule has 0 aromatic heterocycles. The number of carbonyl (C=O) groups excluding carboxylic acids is 1. The monoisotopic (exact) mass is 323 g/mol. The third kappa shape index (κ3) is 3.96. The summed E-state index contributed by atoms with van der Waals surface area (Å²) in [6.07, 6.45) is -0.0808. The predicted octanol–water partition coefficient (Wildman–Crippen LogP) is 3.58. The molecule has 1 N–H and O–H groups in total. The number of nitro groups is 1. The maximum atomic E-state index is 12.1. The van der Waals surface area contributed by atoms with Crippen LogP contribution in [0.5, 0.6) is 0 Å². The Balaban J connectivity index is 2.09. The third-order valence-electron chi connectivity index (χ3n) is 3.71. The molecule has 0 saturated carbocycles. The molecule has 1 amide bonds. The highest BCUT2D eigenvalue weighted by Crippen LogP contribution is 2.24. The number of nitro benzene ring substituents is 1. The molecule has 0 aliphatic rings. The number of nitriles is 1. The summed E-state index contributed by atoms with van der Waals surface area (Å²) in [6.45, 7) is 3.63. The van der Waals surface area contributed by atoms with Crippen molar-refractivity contribution in [3.05, 3.63) is 69.8 Å². The number of rotatable bonds is 5. The topological polar surface area (TPSA) is 96.0 Å². The van der Waals surface area contributed by atoms with E-state index >= 15 is 0 Å². The Hall–Kier alpha value is -3.20. The number of hydrogen-bond donors (Lipinski definition) is 1. The summed E-state index contributed by atoms with van der Waals surface area (Å²) in [4.78, 5) is 22.6. The number of benzene rings is 2. The van der Waals surface area contributed by atoms with Crippen LogP contribution in [0, 0.1) is 21.4 Å². The smallest absolute Gasteiger partial charge is 0.273 e. The molecule has 0 spiro atoms. The van der Waals surface area contributed by atoms with Gasteiger partial charge in [0.05, 0.1) is 22.8 Å². The molecule has 122 valence electrons. The Bertz CT molecular complexity index is 805. The Kier molecular flexibility index (Phi) is 4.95. The molecule has 0 heterocycles. The summed E-state index contributed by atoms with van der Waals surface area (Å²) in [5.41, 5.74) is 1.12. The van der Waals surface area contributed by atoms with Gasteiger partial charge in [0.15, 0.2) is 0 Å². The standard InChI is InChI=1S/C18H17N3O3/c1-18(2,12-19)14-7-9-15(10-8-14)20-17(22)11-13-5-3-4-6-16(13)21(23)24/h3-10H,11H2,1-2H3,(H,20,22). The van der Waals surface area contributed by atoms with E-state index in [0.717, 1.165) is 5.56 Å². The summed E-state index contributed by atoms with van der Waals surface area (Å²) in [5, 5.41) is 22.8. The lowest BCUT2D eigenvalue weighted by molar-refractivity contribution is -0.385. The minimum atomic E-state index is -0.604. The van der Waals surface area contributed by atoms with Crippen molar-refractivity contribution in [1.82, 2.24) is 0 Å². The zero-order valence-corrected chi connectivity index (χ0v) is 13.4. The first kappa shape index (κ1) is 17.2. The largest absolute Gasteiger partial charge is 0.326 e. The predicted molar refractivity (Wildman–Crippen MR) is 90.5 cm³/mol. The van der Waals surface area contributed by atoms with Gasteiger partial charge >= 0.3 is 0 Å². The molecule has 2 aromatic carbocycles. The SMILES string of the molecule is CC(C)(C#N)c1ccc(NC(=O)Cc2ccccc2[N+](=O)[O-])cc1. The maximum Gasteiger partial charge on any atom is 0.273 e. The van der Waals surface area contributed by atoms with E-state index in [1.54, 1.807) is 42.5 Å². The van der Waals surface area contributed by atoms with Gasteiger partial charge in [0.1, 0.15) is 0 Å². The third-order valence-corrected chi connectivity index (χ3v) is 3.71. The quantitative estimate of drug-likeness (QED) is 0.672. The van der Waals surface area contributed by atoms with E-state index < -0.39 is 10.3 Å². The molecule has 0 unspecified atom stereocenters. The zero-order chi connectivity index (χ0) is 17.7. The van der Waals surface area contributed by atoms with Gasteiger partial charge in [-0.05, 0) is 31.5 Å². The molecule has 24 heavy (non-hydrogen) atoms. The molecule has 0 atom stereocenters. The fraction of sp³-hybridized carbons (Fsp3) is 0.222. The van der Waals surface area contributed by atoms with E-state index in [2.05, 4.69) is 11.4 Å².